The highest BCUT2D eigenvalue weighted by atomic mass is 19.3. The van der Waals surface area contributed by atoms with E-state index in [1.807, 2.05) is 60.7 Å². The summed E-state index contributed by atoms with van der Waals surface area (Å²) in [6.07, 6.45) is -3.18. The number of carbonyl (C=O) groups excluding carboxylic acids is 1. The van der Waals surface area contributed by atoms with Gasteiger partial charge in [0.25, 0.3) is 12.3 Å². The molecule has 0 saturated heterocycles. The molecule has 0 aliphatic carbocycles. The molecule has 1 amide bonds. The van der Waals surface area contributed by atoms with Crippen molar-refractivity contribution < 1.29 is 23.9 Å². The van der Waals surface area contributed by atoms with E-state index < -0.39 is 24.0 Å². The summed E-state index contributed by atoms with van der Waals surface area (Å²) in [5.41, 5.74) is 1.60. The Morgan fingerprint density at radius 1 is 1.00 bits per heavy atom. The molecule has 0 unspecified atom stereocenters. The van der Waals surface area contributed by atoms with E-state index in [1.165, 1.54) is 5.48 Å². The number of hydroxylamine groups is 1. The normalized spacial score (nSPS) is 14.6. The summed E-state index contributed by atoms with van der Waals surface area (Å²) < 4.78 is 26.2. The minimum atomic E-state index is -3.18. The second-order valence-corrected chi connectivity index (χ2v) is 7.08. The van der Waals surface area contributed by atoms with Gasteiger partial charge in [-0.05, 0) is 46.5 Å². The number of fused-ring (bicyclic) bond motifs is 1. The Hall–Kier alpha value is -2.87. The third kappa shape index (κ3) is 4.59. The van der Waals surface area contributed by atoms with Gasteiger partial charge in [0.2, 0.25) is 0 Å². The predicted molar refractivity (Wildman–Crippen MR) is 107 cm³/mol. The van der Waals surface area contributed by atoms with Gasteiger partial charge in [0.1, 0.15) is 11.6 Å². The minimum Gasteiger partial charge on any atom is -0.382 e. The number of halogens is 2. The number of alkyl halides is 2. The van der Waals surface area contributed by atoms with E-state index in [0.717, 1.165) is 34.4 Å². The first-order valence-electron chi connectivity index (χ1n) is 9.09. The van der Waals surface area contributed by atoms with Crippen molar-refractivity contribution in [2.24, 2.45) is 0 Å². The van der Waals surface area contributed by atoms with Crippen molar-refractivity contribution in [3.8, 4) is 11.1 Å². The molecule has 4 N–H and O–H groups in total. The van der Waals surface area contributed by atoms with E-state index in [1.54, 1.807) is 0 Å². The summed E-state index contributed by atoms with van der Waals surface area (Å²) >= 11 is 0. The number of rotatable bonds is 7. The van der Waals surface area contributed by atoms with E-state index in [0.29, 0.717) is 0 Å². The van der Waals surface area contributed by atoms with Crippen molar-refractivity contribution in [1.82, 2.24) is 10.8 Å². The van der Waals surface area contributed by atoms with E-state index in [-0.39, 0.29) is 6.54 Å². The van der Waals surface area contributed by atoms with Crippen molar-refractivity contribution in [3.63, 3.8) is 0 Å². The van der Waals surface area contributed by atoms with Crippen molar-refractivity contribution in [2.75, 3.05) is 0 Å². The van der Waals surface area contributed by atoms with Gasteiger partial charge >= 0.3 is 0 Å². The average Bonchev–Trinajstić information content (AvgIpc) is 2.73. The molecule has 0 aromatic heterocycles. The van der Waals surface area contributed by atoms with Crippen LogP contribution < -0.4 is 10.8 Å². The highest BCUT2D eigenvalue weighted by molar-refractivity contribution is 5.88. The molecular formula is C22H22F2N2O3. The van der Waals surface area contributed by atoms with Gasteiger partial charge in [0.15, 0.2) is 0 Å². The molecular weight excluding hydrogens is 378 g/mol. The van der Waals surface area contributed by atoms with Gasteiger partial charge in [0, 0.05) is 6.54 Å². The number of hydrogen-bond donors (Lipinski definition) is 4. The summed E-state index contributed by atoms with van der Waals surface area (Å²) in [7, 11) is 0. The Kier molecular flexibility index (Phi) is 6.22. The van der Waals surface area contributed by atoms with Gasteiger partial charge < -0.3 is 5.11 Å². The number of carbonyl (C=O) groups is 1. The van der Waals surface area contributed by atoms with Crippen molar-refractivity contribution in [2.45, 2.75) is 31.5 Å². The average molecular weight is 400 g/mol. The smallest absolute Gasteiger partial charge is 0.268 e. The molecule has 0 aliphatic heterocycles. The number of amides is 1. The number of benzene rings is 3. The van der Waals surface area contributed by atoms with Crippen LogP contribution in [0.25, 0.3) is 21.9 Å². The van der Waals surface area contributed by atoms with Crippen molar-refractivity contribution in [1.29, 1.82) is 0 Å². The second kappa shape index (κ2) is 8.65. The van der Waals surface area contributed by atoms with Crippen LogP contribution in [0.1, 0.15) is 12.5 Å². The molecule has 0 bridgehead atoms. The number of nitrogens with one attached hydrogen (secondary N) is 2. The quantitative estimate of drug-likeness (QED) is 0.362. The molecule has 0 aliphatic rings. The Morgan fingerprint density at radius 2 is 1.66 bits per heavy atom. The fraction of sp³-hybridized carbons (Fsp3) is 0.227. The van der Waals surface area contributed by atoms with Crippen LogP contribution in [0.15, 0.2) is 66.7 Å². The molecule has 0 heterocycles. The maximum absolute atomic E-state index is 13.1. The van der Waals surface area contributed by atoms with Crippen LogP contribution >= 0.6 is 0 Å². The molecule has 3 aromatic rings. The van der Waals surface area contributed by atoms with Crippen molar-refractivity contribution >= 4 is 16.7 Å². The monoisotopic (exact) mass is 400 g/mol. The Labute approximate surface area is 166 Å². The zero-order chi connectivity index (χ0) is 21.0. The molecule has 0 fully saturated rings. The maximum Gasteiger partial charge on any atom is 0.268 e. The molecule has 0 saturated carbocycles. The van der Waals surface area contributed by atoms with Crippen LogP contribution in [-0.4, -0.2) is 34.3 Å². The van der Waals surface area contributed by atoms with Gasteiger partial charge in [-0.15, -0.1) is 0 Å². The SMILES string of the molecule is C[C@@](O)(C(F)F)[C@H](NCc1ccc2cc(-c3ccccc3)ccc2c1)C(=O)NO. The molecule has 152 valence electrons. The van der Waals surface area contributed by atoms with Crippen LogP contribution in [0.3, 0.4) is 0 Å². The molecule has 29 heavy (non-hydrogen) atoms. The number of hydrogen-bond acceptors (Lipinski definition) is 4. The van der Waals surface area contributed by atoms with Gasteiger partial charge in [-0.3, -0.25) is 15.3 Å². The van der Waals surface area contributed by atoms with Gasteiger partial charge in [-0.2, -0.15) is 0 Å². The van der Waals surface area contributed by atoms with E-state index in [2.05, 4.69) is 11.4 Å². The summed E-state index contributed by atoms with van der Waals surface area (Å²) in [4.78, 5) is 11.8. The lowest BCUT2D eigenvalue weighted by Crippen LogP contribution is -2.60. The molecule has 3 rings (SSSR count). The topological polar surface area (TPSA) is 81.6 Å². The lowest BCUT2D eigenvalue weighted by molar-refractivity contribution is -0.150. The molecule has 2 atom stereocenters. The van der Waals surface area contributed by atoms with Gasteiger partial charge in [-0.25, -0.2) is 14.3 Å². The Morgan fingerprint density at radius 3 is 2.31 bits per heavy atom. The highest BCUT2D eigenvalue weighted by Gasteiger charge is 2.44. The Balaban J connectivity index is 1.80. The highest BCUT2D eigenvalue weighted by Crippen LogP contribution is 2.25. The zero-order valence-corrected chi connectivity index (χ0v) is 15.8. The maximum atomic E-state index is 13.1. The van der Waals surface area contributed by atoms with E-state index in [4.69, 9.17) is 5.21 Å². The lowest BCUT2D eigenvalue weighted by Gasteiger charge is -2.31. The molecule has 3 aromatic carbocycles. The third-order valence-electron chi connectivity index (χ3n) is 4.92. The minimum absolute atomic E-state index is 0.0529. The largest absolute Gasteiger partial charge is 0.382 e. The summed E-state index contributed by atoms with van der Waals surface area (Å²) in [6, 6.07) is 19.9. The summed E-state index contributed by atoms with van der Waals surface area (Å²) in [5.74, 6) is -1.14. The standard InChI is InChI=1S/C22H22F2N2O3/c1-22(28,21(23)24)19(20(27)26-29)25-13-14-7-8-18-12-17(10-9-16(18)11-14)15-5-3-2-4-6-15/h2-12,19,21,25,28-29H,13H2,1H3,(H,26,27)/t19-,22+/m1/s1. The molecule has 0 radical (unpaired) electrons. The van der Waals surface area contributed by atoms with Crippen LogP contribution in [0.5, 0.6) is 0 Å². The fourth-order valence-electron chi connectivity index (χ4n) is 3.19. The number of aliphatic hydroxyl groups is 1. The van der Waals surface area contributed by atoms with Gasteiger partial charge in [0.05, 0.1) is 0 Å². The Bertz CT molecular complexity index is 994. The molecule has 5 nitrogen and oxygen atoms in total. The lowest BCUT2D eigenvalue weighted by atomic mass is 9.95. The van der Waals surface area contributed by atoms with Crippen LogP contribution in [0.4, 0.5) is 8.78 Å². The first-order chi connectivity index (χ1) is 13.8. The van der Waals surface area contributed by atoms with Gasteiger partial charge in [-0.1, -0.05) is 54.6 Å². The predicted octanol–water partition coefficient (Wildman–Crippen LogP) is 3.49. The van der Waals surface area contributed by atoms with Crippen LogP contribution in [0.2, 0.25) is 0 Å². The van der Waals surface area contributed by atoms with Crippen LogP contribution in [-0.2, 0) is 11.3 Å². The molecule has 7 heteroatoms. The first kappa shape index (κ1) is 20.9. The molecule has 0 spiro atoms. The van der Waals surface area contributed by atoms with Crippen molar-refractivity contribution in [3.05, 3.63) is 72.3 Å². The second-order valence-electron chi connectivity index (χ2n) is 7.08. The van der Waals surface area contributed by atoms with E-state index in [9.17, 15) is 18.7 Å². The van der Waals surface area contributed by atoms with E-state index >= 15 is 0 Å². The fourth-order valence-corrected chi connectivity index (χ4v) is 3.19. The summed E-state index contributed by atoms with van der Waals surface area (Å²) in [6.45, 7) is 0.896. The summed E-state index contributed by atoms with van der Waals surface area (Å²) in [5, 5.41) is 23.3. The van der Waals surface area contributed by atoms with Crippen LogP contribution in [0, 0.1) is 0 Å². The third-order valence-corrected chi connectivity index (χ3v) is 4.92. The first-order valence-corrected chi connectivity index (χ1v) is 9.09. The zero-order valence-electron chi connectivity index (χ0n) is 15.8.